The predicted octanol–water partition coefficient (Wildman–Crippen LogP) is 1.84. The van der Waals surface area contributed by atoms with Gasteiger partial charge in [0.2, 0.25) is 5.79 Å². The van der Waals surface area contributed by atoms with Gasteiger partial charge in [-0.3, -0.25) is 0 Å². The summed E-state index contributed by atoms with van der Waals surface area (Å²) in [5, 5.41) is 9.96. The van der Waals surface area contributed by atoms with Gasteiger partial charge >= 0.3 is 0 Å². The van der Waals surface area contributed by atoms with E-state index in [2.05, 4.69) is 13.5 Å². The zero-order valence-electron chi connectivity index (χ0n) is 7.76. The maximum atomic E-state index is 9.96. The Morgan fingerprint density at radius 2 is 2.33 bits per heavy atom. The zero-order valence-corrected chi connectivity index (χ0v) is 7.76. The van der Waals surface area contributed by atoms with E-state index in [0.717, 1.165) is 24.8 Å². The van der Waals surface area contributed by atoms with Crippen LogP contribution in [0.5, 0.6) is 0 Å². The van der Waals surface area contributed by atoms with Gasteiger partial charge in [-0.05, 0) is 31.3 Å². The number of hydrogen-bond donors (Lipinski definition) is 1. The first-order valence-electron chi connectivity index (χ1n) is 4.59. The van der Waals surface area contributed by atoms with E-state index < -0.39 is 5.79 Å². The van der Waals surface area contributed by atoms with Crippen LogP contribution in [-0.2, 0) is 4.74 Å². The number of epoxide rings is 1. The van der Waals surface area contributed by atoms with Crippen molar-refractivity contribution in [2.24, 2.45) is 5.92 Å². The molecule has 0 aromatic heterocycles. The van der Waals surface area contributed by atoms with E-state index in [4.69, 9.17) is 4.74 Å². The van der Waals surface area contributed by atoms with Gasteiger partial charge in [0, 0.05) is 6.42 Å². The third kappa shape index (κ3) is 0.824. The molecule has 2 nitrogen and oxygen atoms in total. The van der Waals surface area contributed by atoms with Crippen LogP contribution in [0.3, 0.4) is 0 Å². The molecule has 0 aromatic rings. The summed E-state index contributed by atoms with van der Waals surface area (Å²) in [7, 11) is 0. The zero-order chi connectivity index (χ0) is 8.98. The van der Waals surface area contributed by atoms with E-state index >= 15 is 0 Å². The third-order valence-electron chi connectivity index (χ3n) is 3.24. The molecule has 1 heterocycles. The lowest BCUT2D eigenvalue weighted by Crippen LogP contribution is -2.33. The van der Waals surface area contributed by atoms with Crippen LogP contribution >= 0.6 is 0 Å². The van der Waals surface area contributed by atoms with Gasteiger partial charge in [0.05, 0.1) is 0 Å². The van der Waals surface area contributed by atoms with Crippen LogP contribution in [0.4, 0.5) is 0 Å². The Labute approximate surface area is 73.2 Å². The molecule has 0 bridgehead atoms. The normalized spacial score (nSPS) is 51.4. The lowest BCUT2D eigenvalue weighted by atomic mass is 9.78. The maximum Gasteiger partial charge on any atom is 0.200 e. The van der Waals surface area contributed by atoms with Gasteiger partial charge in [-0.15, -0.1) is 0 Å². The van der Waals surface area contributed by atoms with Crippen molar-refractivity contribution in [1.82, 2.24) is 0 Å². The highest BCUT2D eigenvalue weighted by Gasteiger charge is 2.71. The highest BCUT2D eigenvalue weighted by molar-refractivity contribution is 5.28. The number of fused-ring (bicyclic) bond motifs is 1. The molecule has 12 heavy (non-hydrogen) atoms. The van der Waals surface area contributed by atoms with Crippen molar-refractivity contribution in [3.63, 3.8) is 0 Å². The van der Waals surface area contributed by atoms with Gasteiger partial charge in [-0.1, -0.05) is 13.5 Å². The van der Waals surface area contributed by atoms with E-state index in [1.54, 1.807) is 0 Å². The summed E-state index contributed by atoms with van der Waals surface area (Å²) in [5.41, 5.74) is 0.594. The summed E-state index contributed by atoms with van der Waals surface area (Å²) in [5.74, 6) is -0.291. The third-order valence-corrected chi connectivity index (χ3v) is 3.24. The molecule has 2 aliphatic rings. The van der Waals surface area contributed by atoms with Crippen molar-refractivity contribution in [3.8, 4) is 0 Å². The van der Waals surface area contributed by atoms with Gasteiger partial charge in [0.15, 0.2) is 0 Å². The Bertz CT molecular complexity index is 236. The Hall–Kier alpha value is -0.340. The molecule has 0 aromatic carbocycles. The lowest BCUT2D eigenvalue weighted by molar-refractivity contribution is 0.0113. The number of aliphatic hydroxyl groups is 1. The quantitative estimate of drug-likeness (QED) is 0.478. The van der Waals surface area contributed by atoms with E-state index in [0.29, 0.717) is 5.92 Å². The standard InChI is InChI=1S/C10H16O2/c1-7(2)9-5-4-8(3)6-10(9,11)12-9/h8,11H,1,4-6H2,2-3H3. The Balaban J connectivity index is 2.20. The van der Waals surface area contributed by atoms with E-state index in [-0.39, 0.29) is 5.60 Å². The molecule has 0 radical (unpaired) electrons. The Morgan fingerprint density at radius 3 is 2.83 bits per heavy atom. The second kappa shape index (κ2) is 2.12. The molecular weight excluding hydrogens is 152 g/mol. The highest BCUT2D eigenvalue weighted by atomic mass is 16.8. The second-order valence-electron chi connectivity index (χ2n) is 4.34. The maximum absolute atomic E-state index is 9.96. The second-order valence-corrected chi connectivity index (χ2v) is 4.34. The summed E-state index contributed by atoms with van der Waals surface area (Å²) in [6.07, 6.45) is 2.83. The summed E-state index contributed by atoms with van der Waals surface area (Å²) in [6.45, 7) is 7.97. The Kier molecular flexibility index (Phi) is 1.46. The van der Waals surface area contributed by atoms with Crippen molar-refractivity contribution in [1.29, 1.82) is 0 Å². The minimum atomic E-state index is -0.865. The van der Waals surface area contributed by atoms with Crippen molar-refractivity contribution < 1.29 is 9.84 Å². The number of rotatable bonds is 1. The minimum Gasteiger partial charge on any atom is -0.363 e. The van der Waals surface area contributed by atoms with Crippen LogP contribution in [0.2, 0.25) is 0 Å². The van der Waals surface area contributed by atoms with Crippen LogP contribution in [0, 0.1) is 5.92 Å². The largest absolute Gasteiger partial charge is 0.363 e. The fourth-order valence-electron chi connectivity index (χ4n) is 2.37. The average Bonchev–Trinajstić information content (AvgIpc) is 2.55. The van der Waals surface area contributed by atoms with E-state index in [9.17, 15) is 5.11 Å². The van der Waals surface area contributed by atoms with Crippen LogP contribution in [0.1, 0.15) is 33.1 Å². The molecule has 1 aliphatic heterocycles. The van der Waals surface area contributed by atoms with Crippen molar-refractivity contribution >= 4 is 0 Å². The molecule has 1 saturated heterocycles. The van der Waals surface area contributed by atoms with E-state index in [1.165, 1.54) is 0 Å². The lowest BCUT2D eigenvalue weighted by Gasteiger charge is -2.25. The monoisotopic (exact) mass is 168 g/mol. The van der Waals surface area contributed by atoms with Crippen molar-refractivity contribution in [2.75, 3.05) is 0 Å². The molecule has 68 valence electrons. The summed E-state index contributed by atoms with van der Waals surface area (Å²) in [6, 6.07) is 0. The fraction of sp³-hybridized carbons (Fsp3) is 0.800. The van der Waals surface area contributed by atoms with E-state index in [1.807, 2.05) is 6.92 Å². The average molecular weight is 168 g/mol. The first-order valence-corrected chi connectivity index (χ1v) is 4.59. The van der Waals surface area contributed by atoms with Crippen LogP contribution in [0.25, 0.3) is 0 Å². The highest BCUT2D eigenvalue weighted by Crippen LogP contribution is 2.60. The fourth-order valence-corrected chi connectivity index (χ4v) is 2.37. The summed E-state index contributed by atoms with van der Waals surface area (Å²) in [4.78, 5) is 0. The molecule has 2 heteroatoms. The molecule has 2 rings (SSSR count). The molecule has 1 saturated carbocycles. The molecule has 2 fully saturated rings. The predicted molar refractivity (Wildman–Crippen MR) is 46.6 cm³/mol. The molecule has 0 spiro atoms. The van der Waals surface area contributed by atoms with Gasteiger partial charge in [-0.2, -0.15) is 0 Å². The SMILES string of the molecule is C=C(C)C12CCC(C)CC1(O)O2. The first kappa shape index (κ1) is 8.27. The molecule has 3 atom stereocenters. The molecule has 3 unspecified atom stereocenters. The minimum absolute atomic E-state index is 0.375. The number of ether oxygens (including phenoxy) is 1. The van der Waals surface area contributed by atoms with Crippen LogP contribution in [0.15, 0.2) is 12.2 Å². The summed E-state index contributed by atoms with van der Waals surface area (Å²) < 4.78 is 5.44. The van der Waals surface area contributed by atoms with Gasteiger partial charge in [0.1, 0.15) is 5.60 Å². The summed E-state index contributed by atoms with van der Waals surface area (Å²) >= 11 is 0. The number of hydrogen-bond acceptors (Lipinski definition) is 2. The Morgan fingerprint density at radius 1 is 1.67 bits per heavy atom. The molecular formula is C10H16O2. The van der Waals surface area contributed by atoms with Gasteiger partial charge < -0.3 is 9.84 Å². The van der Waals surface area contributed by atoms with Crippen molar-refractivity contribution in [3.05, 3.63) is 12.2 Å². The first-order chi connectivity index (χ1) is 5.50. The molecule has 0 amide bonds. The van der Waals surface area contributed by atoms with Gasteiger partial charge in [0.25, 0.3) is 0 Å². The van der Waals surface area contributed by atoms with Crippen molar-refractivity contribution in [2.45, 2.75) is 44.5 Å². The molecule has 1 aliphatic carbocycles. The van der Waals surface area contributed by atoms with Crippen LogP contribution < -0.4 is 0 Å². The molecule has 1 N–H and O–H groups in total. The van der Waals surface area contributed by atoms with Crippen LogP contribution in [-0.4, -0.2) is 16.5 Å². The smallest absolute Gasteiger partial charge is 0.200 e. The van der Waals surface area contributed by atoms with Gasteiger partial charge in [-0.25, -0.2) is 0 Å². The topological polar surface area (TPSA) is 32.8 Å².